The molecule has 1 aromatic heterocycles. The van der Waals surface area contributed by atoms with Crippen LogP contribution < -0.4 is 0 Å². The van der Waals surface area contributed by atoms with Crippen molar-refractivity contribution in [2.45, 2.75) is 56.5 Å². The zero-order valence-electron chi connectivity index (χ0n) is 16.4. The average Bonchev–Trinajstić information content (AvgIpc) is 2.71. The number of benzene rings is 1. The number of pyridine rings is 1. The fourth-order valence-corrected chi connectivity index (χ4v) is 3.84. The minimum Gasteiger partial charge on any atom is -0.394 e. The Labute approximate surface area is 171 Å². The van der Waals surface area contributed by atoms with Gasteiger partial charge in [0, 0.05) is 23.9 Å². The van der Waals surface area contributed by atoms with E-state index in [1.54, 1.807) is 32.0 Å². The molecule has 1 aliphatic heterocycles. The van der Waals surface area contributed by atoms with Gasteiger partial charge in [-0.25, -0.2) is 0 Å². The molecule has 1 saturated heterocycles. The standard InChI is InChI=1S/C21H24F3NO5/c1-10-5-12(13-6-14(8-25-7-13)21(22,23)24)3-4-15(10)11(2)20-19(29)18(28)17(27)16(9-26)30-20/h3-8,11,16-20,26-29H,9H2,1-2H3/t11-,16?,17-,18?,19-,20-/m1/s1. The van der Waals surface area contributed by atoms with E-state index in [1.165, 1.54) is 6.20 Å². The van der Waals surface area contributed by atoms with E-state index >= 15 is 0 Å². The van der Waals surface area contributed by atoms with Crippen molar-refractivity contribution in [3.05, 3.63) is 53.3 Å². The first kappa shape index (κ1) is 22.6. The molecule has 0 bridgehead atoms. The fraction of sp³-hybridized carbons (Fsp3) is 0.476. The summed E-state index contributed by atoms with van der Waals surface area (Å²) >= 11 is 0. The van der Waals surface area contributed by atoms with E-state index in [4.69, 9.17) is 4.74 Å². The summed E-state index contributed by atoms with van der Waals surface area (Å²) < 4.78 is 44.5. The number of aromatic nitrogens is 1. The fourth-order valence-electron chi connectivity index (χ4n) is 3.84. The van der Waals surface area contributed by atoms with Crippen LogP contribution in [0, 0.1) is 6.92 Å². The lowest BCUT2D eigenvalue weighted by molar-refractivity contribution is -0.233. The molecule has 2 aromatic rings. The topological polar surface area (TPSA) is 103 Å². The van der Waals surface area contributed by atoms with E-state index in [0.717, 1.165) is 23.4 Å². The molecule has 2 heterocycles. The molecule has 1 fully saturated rings. The Hall–Kier alpha value is -2.04. The highest BCUT2D eigenvalue weighted by Crippen LogP contribution is 2.35. The van der Waals surface area contributed by atoms with Crippen molar-refractivity contribution in [1.82, 2.24) is 4.98 Å². The molecule has 0 radical (unpaired) electrons. The maximum absolute atomic E-state index is 13.0. The summed E-state index contributed by atoms with van der Waals surface area (Å²) in [5.74, 6) is -0.426. The number of hydrogen-bond donors (Lipinski definition) is 4. The van der Waals surface area contributed by atoms with Crippen molar-refractivity contribution in [3.8, 4) is 11.1 Å². The summed E-state index contributed by atoms with van der Waals surface area (Å²) in [4.78, 5) is 3.68. The van der Waals surface area contributed by atoms with E-state index in [9.17, 15) is 33.6 Å². The molecular weight excluding hydrogens is 403 g/mol. The lowest BCUT2D eigenvalue weighted by Crippen LogP contribution is -2.59. The van der Waals surface area contributed by atoms with Gasteiger partial charge < -0.3 is 25.2 Å². The maximum Gasteiger partial charge on any atom is 0.417 e. The van der Waals surface area contributed by atoms with Gasteiger partial charge in [-0.2, -0.15) is 13.2 Å². The first-order valence-corrected chi connectivity index (χ1v) is 9.48. The van der Waals surface area contributed by atoms with E-state index in [-0.39, 0.29) is 0 Å². The van der Waals surface area contributed by atoms with Crippen LogP contribution in [-0.4, -0.2) is 62.5 Å². The minimum atomic E-state index is -4.49. The normalized spacial score (nSPS) is 28.4. The molecule has 0 amide bonds. The molecule has 1 aromatic carbocycles. The van der Waals surface area contributed by atoms with Crippen molar-refractivity contribution in [2.24, 2.45) is 0 Å². The monoisotopic (exact) mass is 427 g/mol. The quantitative estimate of drug-likeness (QED) is 0.596. The number of hydrogen-bond acceptors (Lipinski definition) is 6. The zero-order chi connectivity index (χ0) is 22.2. The van der Waals surface area contributed by atoms with E-state index in [2.05, 4.69) is 4.98 Å². The first-order chi connectivity index (χ1) is 14.0. The van der Waals surface area contributed by atoms with Gasteiger partial charge in [-0.1, -0.05) is 25.1 Å². The summed E-state index contributed by atoms with van der Waals surface area (Å²) in [5.41, 5.74) is 1.53. The van der Waals surface area contributed by atoms with Gasteiger partial charge in [0.2, 0.25) is 0 Å². The van der Waals surface area contributed by atoms with Gasteiger partial charge in [0.05, 0.1) is 18.3 Å². The summed E-state index contributed by atoms with van der Waals surface area (Å²) in [6, 6.07) is 6.12. The molecule has 6 atom stereocenters. The van der Waals surface area contributed by atoms with Gasteiger partial charge >= 0.3 is 6.18 Å². The van der Waals surface area contributed by atoms with Crippen molar-refractivity contribution >= 4 is 0 Å². The summed E-state index contributed by atoms with van der Waals surface area (Å²) in [7, 11) is 0. The number of nitrogens with zero attached hydrogens (tertiary/aromatic N) is 1. The lowest BCUT2D eigenvalue weighted by Gasteiger charge is -2.42. The maximum atomic E-state index is 13.0. The largest absolute Gasteiger partial charge is 0.417 e. The predicted octanol–water partition coefficient (Wildman–Crippen LogP) is 2.02. The number of aryl methyl sites for hydroxylation is 1. The van der Waals surface area contributed by atoms with Crippen LogP contribution in [0.3, 0.4) is 0 Å². The second-order valence-electron chi connectivity index (χ2n) is 7.61. The number of aliphatic hydroxyl groups is 4. The molecule has 30 heavy (non-hydrogen) atoms. The SMILES string of the molecule is Cc1cc(-c2cncc(C(F)(F)F)c2)ccc1[C@@H](C)[C@H]1OC(CO)[C@@H](O)C(O)[C@H]1O. The molecule has 1 aliphatic rings. The number of alkyl halides is 3. The molecule has 0 aliphatic carbocycles. The second kappa shape index (κ2) is 8.60. The highest BCUT2D eigenvalue weighted by Gasteiger charge is 2.45. The Morgan fingerprint density at radius 2 is 1.73 bits per heavy atom. The average molecular weight is 427 g/mol. The van der Waals surface area contributed by atoms with Gasteiger partial charge in [-0.3, -0.25) is 4.98 Å². The third kappa shape index (κ3) is 4.35. The molecule has 4 N–H and O–H groups in total. The number of rotatable bonds is 4. The molecule has 9 heteroatoms. The highest BCUT2D eigenvalue weighted by atomic mass is 19.4. The summed E-state index contributed by atoms with van der Waals surface area (Å²) in [5, 5.41) is 39.7. The molecule has 164 valence electrons. The smallest absolute Gasteiger partial charge is 0.394 e. The predicted molar refractivity (Wildman–Crippen MR) is 102 cm³/mol. The molecule has 6 nitrogen and oxygen atoms in total. The van der Waals surface area contributed by atoms with Crippen LogP contribution in [0.5, 0.6) is 0 Å². The van der Waals surface area contributed by atoms with Gasteiger partial charge in [0.25, 0.3) is 0 Å². The van der Waals surface area contributed by atoms with Crippen LogP contribution in [0.2, 0.25) is 0 Å². The molecule has 2 unspecified atom stereocenters. The Balaban J connectivity index is 1.88. The number of ether oxygens (including phenoxy) is 1. The molecule has 3 rings (SSSR count). The third-order valence-electron chi connectivity index (χ3n) is 5.58. The van der Waals surface area contributed by atoms with Gasteiger partial charge in [-0.15, -0.1) is 0 Å². The van der Waals surface area contributed by atoms with Crippen molar-refractivity contribution in [2.75, 3.05) is 6.61 Å². The van der Waals surface area contributed by atoms with E-state index < -0.39 is 54.8 Å². The zero-order valence-corrected chi connectivity index (χ0v) is 16.4. The van der Waals surface area contributed by atoms with Gasteiger partial charge in [0.1, 0.15) is 24.4 Å². The highest BCUT2D eigenvalue weighted by molar-refractivity contribution is 5.65. The summed E-state index contributed by atoms with van der Waals surface area (Å²) in [6.45, 7) is 3.02. The minimum absolute atomic E-state index is 0.319. The van der Waals surface area contributed by atoms with Crippen LogP contribution in [-0.2, 0) is 10.9 Å². The van der Waals surface area contributed by atoms with Crippen LogP contribution in [0.25, 0.3) is 11.1 Å². The van der Waals surface area contributed by atoms with Crippen LogP contribution in [0.4, 0.5) is 13.2 Å². The summed E-state index contributed by atoms with van der Waals surface area (Å²) in [6.07, 6.45) is -8.55. The van der Waals surface area contributed by atoms with E-state index in [1.807, 2.05) is 0 Å². The Morgan fingerprint density at radius 3 is 2.33 bits per heavy atom. The lowest BCUT2D eigenvalue weighted by atomic mass is 9.83. The third-order valence-corrected chi connectivity index (χ3v) is 5.58. The first-order valence-electron chi connectivity index (χ1n) is 9.48. The Kier molecular flexibility index (Phi) is 6.49. The van der Waals surface area contributed by atoms with Gasteiger partial charge in [-0.05, 0) is 29.7 Å². The van der Waals surface area contributed by atoms with Crippen molar-refractivity contribution < 1.29 is 38.3 Å². The molecule has 0 spiro atoms. The van der Waals surface area contributed by atoms with Gasteiger partial charge in [0.15, 0.2) is 0 Å². The van der Waals surface area contributed by atoms with Crippen molar-refractivity contribution in [1.29, 1.82) is 0 Å². The van der Waals surface area contributed by atoms with Crippen LogP contribution in [0.1, 0.15) is 29.5 Å². The Bertz CT molecular complexity index is 889. The van der Waals surface area contributed by atoms with Crippen molar-refractivity contribution in [3.63, 3.8) is 0 Å². The number of aliphatic hydroxyl groups excluding tert-OH is 4. The van der Waals surface area contributed by atoms with Crippen LogP contribution in [0.15, 0.2) is 36.7 Å². The van der Waals surface area contributed by atoms with Crippen LogP contribution >= 0.6 is 0 Å². The second-order valence-corrected chi connectivity index (χ2v) is 7.61. The molecule has 0 saturated carbocycles. The Morgan fingerprint density at radius 1 is 1.03 bits per heavy atom. The molecular formula is C21H24F3NO5. The van der Waals surface area contributed by atoms with E-state index in [0.29, 0.717) is 11.1 Å². The number of halogens is 3.